The molecule has 0 spiro atoms. The van der Waals surface area contributed by atoms with Crippen LogP contribution >= 0.6 is 31.9 Å². The fourth-order valence-corrected chi connectivity index (χ4v) is 3.50. The second kappa shape index (κ2) is 6.19. The zero-order valence-electron chi connectivity index (χ0n) is 10.00. The van der Waals surface area contributed by atoms with Crippen molar-refractivity contribution in [2.24, 2.45) is 0 Å². The van der Waals surface area contributed by atoms with Crippen LogP contribution in [-0.2, 0) is 0 Å². The van der Waals surface area contributed by atoms with Gasteiger partial charge in [0.1, 0.15) is 5.75 Å². The van der Waals surface area contributed by atoms with E-state index in [9.17, 15) is 5.11 Å². The summed E-state index contributed by atoms with van der Waals surface area (Å²) < 4.78 is 1.65. The first-order valence-corrected chi connectivity index (χ1v) is 7.47. The van der Waals surface area contributed by atoms with E-state index in [1.807, 2.05) is 18.2 Å². The maximum atomic E-state index is 10.2. The van der Waals surface area contributed by atoms with Crippen molar-refractivity contribution in [1.82, 2.24) is 10.2 Å². The highest BCUT2D eigenvalue weighted by atomic mass is 79.9. The zero-order chi connectivity index (χ0) is 13.1. The third kappa shape index (κ3) is 2.96. The lowest BCUT2D eigenvalue weighted by molar-refractivity contribution is 0.201. The molecule has 3 nitrogen and oxygen atoms in total. The number of benzene rings is 1. The molecule has 0 amide bonds. The summed E-state index contributed by atoms with van der Waals surface area (Å²) in [6.07, 6.45) is 1.89. The van der Waals surface area contributed by atoms with E-state index < -0.39 is 0 Å². The van der Waals surface area contributed by atoms with Crippen LogP contribution in [0.1, 0.15) is 11.6 Å². The minimum atomic E-state index is 0.0425. The predicted molar refractivity (Wildman–Crippen MR) is 80.9 cm³/mol. The van der Waals surface area contributed by atoms with Gasteiger partial charge in [-0.25, -0.2) is 0 Å². The number of nitrogens with one attached hydrogen (secondary N) is 1. The van der Waals surface area contributed by atoms with Crippen LogP contribution in [0.15, 0.2) is 33.7 Å². The summed E-state index contributed by atoms with van der Waals surface area (Å²) in [5, 5.41) is 13.5. The Bertz CT molecular complexity index is 445. The monoisotopic (exact) mass is 374 g/mol. The summed E-state index contributed by atoms with van der Waals surface area (Å²) in [6, 6.07) is 3.84. The Hall–Kier alpha value is -0.360. The summed E-state index contributed by atoms with van der Waals surface area (Å²) in [7, 11) is 0. The lowest BCUT2D eigenvalue weighted by Crippen LogP contribution is -2.44. The van der Waals surface area contributed by atoms with Crippen molar-refractivity contribution in [1.29, 1.82) is 0 Å². The molecule has 98 valence electrons. The van der Waals surface area contributed by atoms with Crippen LogP contribution in [0, 0.1) is 0 Å². The molecule has 0 aliphatic carbocycles. The first-order chi connectivity index (χ1) is 8.63. The van der Waals surface area contributed by atoms with Crippen molar-refractivity contribution in [3.8, 4) is 5.75 Å². The van der Waals surface area contributed by atoms with Crippen molar-refractivity contribution < 1.29 is 5.11 Å². The number of halogens is 2. The van der Waals surface area contributed by atoms with Gasteiger partial charge in [-0.15, -0.1) is 6.58 Å². The topological polar surface area (TPSA) is 35.5 Å². The van der Waals surface area contributed by atoms with E-state index in [4.69, 9.17) is 0 Å². The molecule has 1 aromatic rings. The first kappa shape index (κ1) is 14.1. The SMILES string of the molecule is C=C[C@H](c1cc(Br)cc(Br)c1O)N1CCNCC1. The van der Waals surface area contributed by atoms with Crippen LogP contribution in [0.3, 0.4) is 0 Å². The second-order valence-corrected chi connectivity index (χ2v) is 6.06. The van der Waals surface area contributed by atoms with Gasteiger partial charge in [0.2, 0.25) is 0 Å². The van der Waals surface area contributed by atoms with E-state index in [1.165, 1.54) is 0 Å². The molecule has 1 atom stereocenters. The number of hydrogen-bond acceptors (Lipinski definition) is 3. The summed E-state index contributed by atoms with van der Waals surface area (Å²) in [5.41, 5.74) is 0.883. The Labute approximate surface area is 124 Å². The molecule has 18 heavy (non-hydrogen) atoms. The highest BCUT2D eigenvalue weighted by Crippen LogP contribution is 2.37. The average molecular weight is 376 g/mol. The van der Waals surface area contributed by atoms with Gasteiger partial charge in [-0.2, -0.15) is 0 Å². The molecule has 1 saturated heterocycles. The van der Waals surface area contributed by atoms with Gasteiger partial charge < -0.3 is 10.4 Å². The third-order valence-electron chi connectivity index (χ3n) is 3.14. The van der Waals surface area contributed by atoms with E-state index in [0.29, 0.717) is 10.2 Å². The molecule has 1 aromatic carbocycles. The molecule has 2 N–H and O–H groups in total. The van der Waals surface area contributed by atoms with E-state index in [0.717, 1.165) is 36.2 Å². The third-order valence-corrected chi connectivity index (χ3v) is 4.21. The molecule has 1 heterocycles. The fraction of sp³-hybridized carbons (Fsp3) is 0.385. The van der Waals surface area contributed by atoms with E-state index in [-0.39, 0.29) is 6.04 Å². The number of phenolic OH excluding ortho intramolecular Hbond substituents is 1. The molecule has 2 rings (SSSR count). The highest BCUT2D eigenvalue weighted by Gasteiger charge is 2.23. The number of aromatic hydroxyl groups is 1. The molecular weight excluding hydrogens is 360 g/mol. The molecule has 5 heteroatoms. The van der Waals surface area contributed by atoms with Gasteiger partial charge in [-0.3, -0.25) is 4.90 Å². The summed E-state index contributed by atoms with van der Waals surface area (Å²) in [4.78, 5) is 2.32. The largest absolute Gasteiger partial charge is 0.506 e. The molecule has 0 radical (unpaired) electrons. The number of rotatable bonds is 3. The van der Waals surface area contributed by atoms with Gasteiger partial charge >= 0.3 is 0 Å². The molecular formula is C13H16Br2N2O. The van der Waals surface area contributed by atoms with Gasteiger partial charge in [-0.05, 0) is 28.1 Å². The maximum absolute atomic E-state index is 10.2. The number of piperazine rings is 1. The molecule has 1 aliphatic rings. The van der Waals surface area contributed by atoms with E-state index in [2.05, 4.69) is 48.7 Å². The quantitative estimate of drug-likeness (QED) is 0.797. The minimum absolute atomic E-state index is 0.0425. The van der Waals surface area contributed by atoms with Crippen molar-refractivity contribution in [3.05, 3.63) is 39.3 Å². The second-order valence-electron chi connectivity index (χ2n) is 4.29. The van der Waals surface area contributed by atoms with Gasteiger partial charge in [-0.1, -0.05) is 22.0 Å². The van der Waals surface area contributed by atoms with Crippen LogP contribution in [0.25, 0.3) is 0 Å². The normalized spacial score (nSPS) is 18.6. The lowest BCUT2D eigenvalue weighted by atomic mass is 10.0. The highest BCUT2D eigenvalue weighted by molar-refractivity contribution is 9.11. The van der Waals surface area contributed by atoms with Crippen molar-refractivity contribution in [3.63, 3.8) is 0 Å². The van der Waals surface area contributed by atoms with Crippen molar-refractivity contribution in [2.75, 3.05) is 26.2 Å². The summed E-state index contributed by atoms with van der Waals surface area (Å²) in [6.45, 7) is 7.77. The first-order valence-electron chi connectivity index (χ1n) is 5.88. The van der Waals surface area contributed by atoms with Gasteiger partial charge in [0, 0.05) is 36.2 Å². The Kier molecular flexibility index (Phi) is 4.84. The summed E-state index contributed by atoms with van der Waals surface area (Å²) in [5.74, 6) is 0.293. The van der Waals surface area contributed by atoms with Crippen molar-refractivity contribution >= 4 is 31.9 Å². The molecule has 1 aliphatic heterocycles. The lowest BCUT2D eigenvalue weighted by Gasteiger charge is -2.33. The molecule has 0 unspecified atom stereocenters. The van der Waals surface area contributed by atoms with Crippen LogP contribution in [0.2, 0.25) is 0 Å². The fourth-order valence-electron chi connectivity index (χ4n) is 2.24. The maximum Gasteiger partial charge on any atom is 0.134 e. The van der Waals surface area contributed by atoms with E-state index in [1.54, 1.807) is 0 Å². The number of hydrogen-bond donors (Lipinski definition) is 2. The zero-order valence-corrected chi connectivity index (χ0v) is 13.2. The Morgan fingerprint density at radius 1 is 1.33 bits per heavy atom. The number of nitrogens with zero attached hydrogens (tertiary/aromatic N) is 1. The molecule has 1 fully saturated rings. The Morgan fingerprint density at radius 2 is 2.00 bits per heavy atom. The molecule has 0 saturated carbocycles. The van der Waals surface area contributed by atoms with Gasteiger partial charge in [0.25, 0.3) is 0 Å². The van der Waals surface area contributed by atoms with Crippen LogP contribution in [-0.4, -0.2) is 36.2 Å². The van der Waals surface area contributed by atoms with Crippen molar-refractivity contribution in [2.45, 2.75) is 6.04 Å². The standard InChI is InChI=1S/C13H16Br2N2O/c1-2-12(17-5-3-16-4-6-17)10-7-9(14)8-11(15)13(10)18/h2,7-8,12,16,18H,1,3-6H2/t12-/m1/s1. The van der Waals surface area contributed by atoms with Crippen LogP contribution < -0.4 is 5.32 Å². The predicted octanol–water partition coefficient (Wildman–Crippen LogP) is 3.05. The van der Waals surface area contributed by atoms with Gasteiger partial charge in [0.05, 0.1) is 10.5 Å². The van der Waals surface area contributed by atoms with Gasteiger partial charge in [0.15, 0.2) is 0 Å². The molecule has 0 bridgehead atoms. The number of phenols is 1. The average Bonchev–Trinajstić information content (AvgIpc) is 2.37. The Morgan fingerprint density at radius 3 is 2.61 bits per heavy atom. The van der Waals surface area contributed by atoms with Crippen LogP contribution in [0.5, 0.6) is 5.75 Å². The van der Waals surface area contributed by atoms with E-state index >= 15 is 0 Å². The summed E-state index contributed by atoms with van der Waals surface area (Å²) >= 11 is 6.84. The smallest absolute Gasteiger partial charge is 0.134 e. The minimum Gasteiger partial charge on any atom is -0.506 e. The Balaban J connectivity index is 2.34. The van der Waals surface area contributed by atoms with Crippen LogP contribution in [0.4, 0.5) is 0 Å². The molecule has 0 aromatic heterocycles.